The summed E-state index contributed by atoms with van der Waals surface area (Å²) in [5.74, 6) is -2.89. The lowest BCUT2D eigenvalue weighted by atomic mass is 9.79. The van der Waals surface area contributed by atoms with Gasteiger partial charge in [-0.1, -0.05) is 12.8 Å². The molecule has 1 aromatic rings. The molecule has 0 radical (unpaired) electrons. The minimum Gasteiger partial charge on any atom is -0.481 e. The minimum atomic E-state index is -0.929. The zero-order valence-corrected chi connectivity index (χ0v) is 11.5. The molecule has 21 heavy (non-hydrogen) atoms. The van der Waals surface area contributed by atoms with Crippen LogP contribution < -0.4 is 5.32 Å². The quantitative estimate of drug-likeness (QED) is 0.876. The van der Waals surface area contributed by atoms with Gasteiger partial charge in [-0.05, 0) is 30.4 Å². The average Bonchev–Trinajstić information content (AvgIpc) is 2.74. The van der Waals surface area contributed by atoms with Crippen LogP contribution in [-0.2, 0) is 9.59 Å². The van der Waals surface area contributed by atoms with Crippen molar-refractivity contribution in [1.82, 2.24) is 0 Å². The van der Waals surface area contributed by atoms with Crippen molar-refractivity contribution >= 4 is 17.6 Å². The van der Waals surface area contributed by atoms with Gasteiger partial charge >= 0.3 is 5.97 Å². The molecule has 0 bridgehead atoms. The molecule has 0 saturated heterocycles. The fourth-order valence-electron chi connectivity index (χ4n) is 3.03. The largest absolute Gasteiger partial charge is 0.481 e. The molecule has 0 aliphatic heterocycles. The summed E-state index contributed by atoms with van der Waals surface area (Å²) >= 11 is 0. The van der Waals surface area contributed by atoms with Crippen molar-refractivity contribution in [2.75, 3.05) is 5.32 Å². The molecular formula is C15H17F2NO3. The van der Waals surface area contributed by atoms with Crippen LogP contribution in [0.1, 0.15) is 38.5 Å². The van der Waals surface area contributed by atoms with E-state index in [0.29, 0.717) is 12.8 Å². The standard InChI is InChI=1S/C15H17F2NO3/c16-10-5-11(17)7-12(6-10)18-13(19)8-15(9-14(20)21)3-1-2-4-15/h5-7H,1-4,8-9H2,(H,18,19)(H,20,21). The first kappa shape index (κ1) is 15.4. The Morgan fingerprint density at radius 1 is 1.10 bits per heavy atom. The monoisotopic (exact) mass is 297 g/mol. The molecule has 0 atom stereocenters. The van der Waals surface area contributed by atoms with Gasteiger partial charge < -0.3 is 10.4 Å². The summed E-state index contributed by atoms with van der Waals surface area (Å²) in [6.07, 6.45) is 3.16. The van der Waals surface area contributed by atoms with Crippen LogP contribution in [0.5, 0.6) is 0 Å². The zero-order chi connectivity index (χ0) is 15.5. The number of aliphatic carboxylic acids is 1. The van der Waals surface area contributed by atoms with Gasteiger partial charge in [0, 0.05) is 18.2 Å². The van der Waals surface area contributed by atoms with Gasteiger partial charge in [0.2, 0.25) is 5.91 Å². The third-order valence-corrected chi connectivity index (χ3v) is 3.87. The average molecular weight is 297 g/mol. The molecule has 114 valence electrons. The minimum absolute atomic E-state index is 0.0426. The van der Waals surface area contributed by atoms with Crippen LogP contribution in [-0.4, -0.2) is 17.0 Å². The number of hydrogen-bond donors (Lipinski definition) is 2. The Morgan fingerprint density at radius 3 is 2.19 bits per heavy atom. The second kappa shape index (κ2) is 6.20. The summed E-state index contributed by atoms with van der Waals surface area (Å²) in [6, 6.07) is 2.78. The summed E-state index contributed by atoms with van der Waals surface area (Å²) in [5, 5.41) is 11.4. The predicted octanol–water partition coefficient (Wildman–Crippen LogP) is 3.33. The van der Waals surface area contributed by atoms with Crippen LogP contribution in [0.15, 0.2) is 18.2 Å². The van der Waals surface area contributed by atoms with E-state index in [2.05, 4.69) is 5.32 Å². The van der Waals surface area contributed by atoms with Gasteiger partial charge in [0.1, 0.15) is 11.6 Å². The van der Waals surface area contributed by atoms with E-state index in [1.54, 1.807) is 0 Å². The number of carbonyl (C=O) groups excluding carboxylic acids is 1. The van der Waals surface area contributed by atoms with Crippen molar-refractivity contribution in [3.63, 3.8) is 0 Å². The van der Waals surface area contributed by atoms with Gasteiger partial charge in [0.25, 0.3) is 0 Å². The second-order valence-corrected chi connectivity index (χ2v) is 5.66. The van der Waals surface area contributed by atoms with Crippen LogP contribution in [0, 0.1) is 17.0 Å². The number of rotatable bonds is 5. The summed E-state index contributed by atoms with van der Waals surface area (Å²) in [5.41, 5.74) is -0.497. The van der Waals surface area contributed by atoms with Crippen LogP contribution in [0.3, 0.4) is 0 Å². The Morgan fingerprint density at radius 2 is 1.67 bits per heavy atom. The molecular weight excluding hydrogens is 280 g/mol. The first-order valence-electron chi connectivity index (χ1n) is 6.86. The third kappa shape index (κ3) is 4.24. The number of benzene rings is 1. The van der Waals surface area contributed by atoms with Crippen molar-refractivity contribution in [3.05, 3.63) is 29.8 Å². The van der Waals surface area contributed by atoms with E-state index in [0.717, 1.165) is 31.0 Å². The zero-order valence-electron chi connectivity index (χ0n) is 11.5. The lowest BCUT2D eigenvalue weighted by Gasteiger charge is -2.26. The van der Waals surface area contributed by atoms with Crippen molar-refractivity contribution in [1.29, 1.82) is 0 Å². The van der Waals surface area contributed by atoms with E-state index < -0.39 is 28.9 Å². The maximum absolute atomic E-state index is 13.1. The molecule has 1 amide bonds. The highest BCUT2D eigenvalue weighted by molar-refractivity contribution is 5.91. The number of amides is 1. The number of carboxylic acid groups (broad SMARTS) is 1. The third-order valence-electron chi connectivity index (χ3n) is 3.87. The van der Waals surface area contributed by atoms with Crippen molar-refractivity contribution in [2.45, 2.75) is 38.5 Å². The summed E-state index contributed by atoms with van der Waals surface area (Å²) in [4.78, 5) is 23.0. The van der Waals surface area contributed by atoms with E-state index in [1.807, 2.05) is 0 Å². The predicted molar refractivity (Wildman–Crippen MR) is 72.8 cm³/mol. The Hall–Kier alpha value is -1.98. The van der Waals surface area contributed by atoms with E-state index >= 15 is 0 Å². The van der Waals surface area contributed by atoms with Crippen LogP contribution in [0.25, 0.3) is 0 Å². The molecule has 0 spiro atoms. The van der Waals surface area contributed by atoms with Crippen LogP contribution in [0.4, 0.5) is 14.5 Å². The number of carbonyl (C=O) groups is 2. The molecule has 6 heteroatoms. The van der Waals surface area contributed by atoms with Gasteiger partial charge in [0.05, 0.1) is 6.42 Å². The lowest BCUT2D eigenvalue weighted by Crippen LogP contribution is -2.27. The molecule has 2 rings (SSSR count). The van der Waals surface area contributed by atoms with Gasteiger partial charge in [-0.15, -0.1) is 0 Å². The normalized spacial score (nSPS) is 16.7. The maximum atomic E-state index is 13.1. The summed E-state index contributed by atoms with van der Waals surface area (Å²) in [7, 11) is 0. The Bertz CT molecular complexity index is 534. The molecule has 0 heterocycles. The smallest absolute Gasteiger partial charge is 0.303 e. The topological polar surface area (TPSA) is 66.4 Å². The van der Waals surface area contributed by atoms with Crippen molar-refractivity contribution in [2.24, 2.45) is 5.41 Å². The molecule has 1 aromatic carbocycles. The van der Waals surface area contributed by atoms with Crippen molar-refractivity contribution < 1.29 is 23.5 Å². The molecule has 0 aromatic heterocycles. The summed E-state index contributed by atoms with van der Waals surface area (Å²) < 4.78 is 26.1. The lowest BCUT2D eigenvalue weighted by molar-refractivity contribution is -0.140. The second-order valence-electron chi connectivity index (χ2n) is 5.66. The Balaban J connectivity index is 2.04. The SMILES string of the molecule is O=C(O)CC1(CC(=O)Nc2cc(F)cc(F)c2)CCCC1. The number of hydrogen-bond acceptors (Lipinski definition) is 2. The van der Waals surface area contributed by atoms with E-state index in [4.69, 9.17) is 5.11 Å². The molecule has 1 aliphatic carbocycles. The van der Waals surface area contributed by atoms with Crippen molar-refractivity contribution in [3.8, 4) is 0 Å². The van der Waals surface area contributed by atoms with Gasteiger partial charge in [-0.25, -0.2) is 8.78 Å². The van der Waals surface area contributed by atoms with Crippen LogP contribution >= 0.6 is 0 Å². The Kier molecular flexibility index (Phi) is 4.55. The van der Waals surface area contributed by atoms with Crippen LogP contribution in [0.2, 0.25) is 0 Å². The number of halogens is 2. The maximum Gasteiger partial charge on any atom is 0.303 e. The Labute approximate surface area is 121 Å². The van der Waals surface area contributed by atoms with E-state index in [1.165, 1.54) is 0 Å². The summed E-state index contributed by atoms with van der Waals surface area (Å²) in [6.45, 7) is 0. The number of carboxylic acids is 1. The number of anilines is 1. The highest BCUT2D eigenvalue weighted by Crippen LogP contribution is 2.44. The first-order chi connectivity index (χ1) is 9.88. The number of nitrogens with one attached hydrogen (secondary N) is 1. The molecule has 2 N–H and O–H groups in total. The first-order valence-corrected chi connectivity index (χ1v) is 6.86. The molecule has 1 fully saturated rings. The van der Waals surface area contributed by atoms with Gasteiger partial charge in [-0.2, -0.15) is 0 Å². The van der Waals surface area contributed by atoms with E-state index in [9.17, 15) is 18.4 Å². The molecule has 4 nitrogen and oxygen atoms in total. The molecule has 1 saturated carbocycles. The highest BCUT2D eigenvalue weighted by atomic mass is 19.1. The van der Waals surface area contributed by atoms with Gasteiger partial charge in [-0.3, -0.25) is 9.59 Å². The fourth-order valence-corrected chi connectivity index (χ4v) is 3.03. The van der Waals surface area contributed by atoms with Gasteiger partial charge in [0.15, 0.2) is 0 Å². The fraction of sp³-hybridized carbons (Fsp3) is 0.467. The highest BCUT2D eigenvalue weighted by Gasteiger charge is 2.37. The molecule has 1 aliphatic rings. The van der Waals surface area contributed by atoms with E-state index in [-0.39, 0.29) is 18.5 Å². The molecule has 0 unspecified atom stereocenters.